The molecule has 2 amide bonds. The molecule has 31 heavy (non-hydrogen) atoms. The summed E-state index contributed by atoms with van der Waals surface area (Å²) in [6.45, 7) is 4.71. The molecule has 10 nitrogen and oxygen atoms in total. The SMILES string of the molecule is CC(C)(C)OC(=O)Nc1cnn(CC(O)C(=O)Nc2cnc(C#N)c(C(F)(F)F)c2)c1. The van der Waals surface area contributed by atoms with Crippen molar-refractivity contribution in [2.45, 2.75) is 45.2 Å². The Morgan fingerprint density at radius 2 is 1.94 bits per heavy atom. The second kappa shape index (κ2) is 9.00. The van der Waals surface area contributed by atoms with Gasteiger partial charge in [-0.1, -0.05) is 0 Å². The smallest absolute Gasteiger partial charge is 0.419 e. The Labute approximate surface area is 174 Å². The van der Waals surface area contributed by atoms with Gasteiger partial charge in [-0.2, -0.15) is 23.5 Å². The van der Waals surface area contributed by atoms with E-state index >= 15 is 0 Å². The number of hydrogen-bond donors (Lipinski definition) is 3. The van der Waals surface area contributed by atoms with Crippen LogP contribution in [0.3, 0.4) is 0 Å². The van der Waals surface area contributed by atoms with E-state index in [0.29, 0.717) is 6.07 Å². The third-order valence-electron chi connectivity index (χ3n) is 3.51. The third kappa shape index (κ3) is 6.96. The summed E-state index contributed by atoms with van der Waals surface area (Å²) in [6.07, 6.45) is -3.79. The van der Waals surface area contributed by atoms with Crippen LogP contribution in [-0.4, -0.2) is 43.6 Å². The lowest BCUT2D eigenvalue weighted by molar-refractivity contribution is -0.138. The summed E-state index contributed by atoms with van der Waals surface area (Å²) in [5.41, 5.74) is -2.96. The minimum absolute atomic E-state index is 0.243. The van der Waals surface area contributed by atoms with Gasteiger partial charge in [-0.25, -0.2) is 9.78 Å². The molecule has 2 heterocycles. The molecule has 0 aliphatic rings. The molecule has 166 valence electrons. The summed E-state index contributed by atoms with van der Waals surface area (Å²) in [5, 5.41) is 27.2. The van der Waals surface area contributed by atoms with E-state index < -0.39 is 41.1 Å². The molecule has 1 atom stereocenters. The molecule has 0 aromatic carbocycles. The van der Waals surface area contributed by atoms with Crippen molar-refractivity contribution in [3.05, 3.63) is 35.9 Å². The lowest BCUT2D eigenvalue weighted by Crippen LogP contribution is -2.32. The van der Waals surface area contributed by atoms with Crippen LogP contribution in [0.2, 0.25) is 0 Å². The zero-order valence-electron chi connectivity index (χ0n) is 16.7. The first-order valence-corrected chi connectivity index (χ1v) is 8.77. The number of nitrogens with zero attached hydrogens (tertiary/aromatic N) is 4. The molecule has 0 aliphatic carbocycles. The highest BCUT2D eigenvalue weighted by atomic mass is 19.4. The first kappa shape index (κ1) is 23.6. The summed E-state index contributed by atoms with van der Waals surface area (Å²) in [4.78, 5) is 27.2. The number of aliphatic hydroxyl groups excluding tert-OH is 1. The average Bonchev–Trinajstić information content (AvgIpc) is 3.05. The summed E-state index contributed by atoms with van der Waals surface area (Å²) >= 11 is 0. The van der Waals surface area contributed by atoms with Crippen LogP contribution in [0.25, 0.3) is 0 Å². The van der Waals surface area contributed by atoms with E-state index in [0.717, 1.165) is 10.9 Å². The van der Waals surface area contributed by atoms with Crippen molar-refractivity contribution in [2.75, 3.05) is 10.6 Å². The predicted molar refractivity (Wildman–Crippen MR) is 101 cm³/mol. The van der Waals surface area contributed by atoms with Crippen molar-refractivity contribution in [1.29, 1.82) is 5.26 Å². The fourth-order valence-corrected chi connectivity index (χ4v) is 2.27. The Hall–Kier alpha value is -3.66. The van der Waals surface area contributed by atoms with Crippen molar-refractivity contribution in [1.82, 2.24) is 14.8 Å². The van der Waals surface area contributed by atoms with E-state index in [1.807, 2.05) is 0 Å². The summed E-state index contributed by atoms with van der Waals surface area (Å²) < 4.78 is 45.2. The highest BCUT2D eigenvalue weighted by Crippen LogP contribution is 2.32. The normalized spacial score (nSPS) is 12.6. The molecule has 3 N–H and O–H groups in total. The maximum atomic E-state index is 13.0. The third-order valence-corrected chi connectivity index (χ3v) is 3.51. The van der Waals surface area contributed by atoms with Crippen molar-refractivity contribution < 1.29 is 32.6 Å². The van der Waals surface area contributed by atoms with Crippen LogP contribution >= 0.6 is 0 Å². The van der Waals surface area contributed by atoms with Gasteiger partial charge < -0.3 is 15.2 Å². The lowest BCUT2D eigenvalue weighted by atomic mass is 10.2. The van der Waals surface area contributed by atoms with E-state index in [1.165, 1.54) is 18.5 Å². The van der Waals surface area contributed by atoms with Crippen LogP contribution < -0.4 is 10.6 Å². The molecule has 0 fully saturated rings. The molecule has 2 aromatic heterocycles. The van der Waals surface area contributed by atoms with Gasteiger partial charge in [-0.3, -0.25) is 14.8 Å². The van der Waals surface area contributed by atoms with Gasteiger partial charge in [-0.05, 0) is 26.8 Å². The quantitative estimate of drug-likeness (QED) is 0.648. The second-order valence-corrected chi connectivity index (χ2v) is 7.31. The topological polar surface area (TPSA) is 142 Å². The number of halogens is 3. The first-order valence-electron chi connectivity index (χ1n) is 8.77. The summed E-state index contributed by atoms with van der Waals surface area (Å²) in [5.74, 6) is -1.02. The minimum Gasteiger partial charge on any atom is -0.444 e. The largest absolute Gasteiger partial charge is 0.444 e. The van der Waals surface area contributed by atoms with Crippen molar-refractivity contribution >= 4 is 23.4 Å². The Kier molecular flexibility index (Phi) is 6.86. The number of hydrogen-bond acceptors (Lipinski definition) is 7. The van der Waals surface area contributed by atoms with Gasteiger partial charge in [-0.15, -0.1) is 0 Å². The molecule has 13 heteroatoms. The molecule has 1 unspecified atom stereocenters. The molecule has 0 saturated carbocycles. The molecule has 0 spiro atoms. The van der Waals surface area contributed by atoms with Crippen LogP contribution in [-0.2, 0) is 22.3 Å². The Morgan fingerprint density at radius 1 is 1.26 bits per heavy atom. The van der Waals surface area contributed by atoms with Gasteiger partial charge in [0.1, 0.15) is 11.7 Å². The number of aliphatic hydroxyl groups is 1. The fourth-order valence-electron chi connectivity index (χ4n) is 2.27. The number of rotatable bonds is 5. The van der Waals surface area contributed by atoms with Crippen molar-refractivity contribution in [3.63, 3.8) is 0 Å². The maximum absolute atomic E-state index is 13.0. The number of anilines is 2. The number of nitriles is 1. The first-order chi connectivity index (χ1) is 14.3. The molecular formula is C18H19F3N6O4. The van der Waals surface area contributed by atoms with E-state index in [2.05, 4.69) is 20.7 Å². The van der Waals surface area contributed by atoms with Crippen molar-refractivity contribution in [3.8, 4) is 6.07 Å². The monoisotopic (exact) mass is 440 g/mol. The molecule has 0 saturated heterocycles. The van der Waals surface area contributed by atoms with Crippen LogP contribution in [0.15, 0.2) is 24.7 Å². The number of aromatic nitrogens is 3. The van der Waals surface area contributed by atoms with Crippen LogP contribution in [0.5, 0.6) is 0 Å². The molecule has 2 aromatic rings. The van der Waals surface area contributed by atoms with Gasteiger partial charge in [0, 0.05) is 6.20 Å². The van der Waals surface area contributed by atoms with Crippen molar-refractivity contribution in [2.24, 2.45) is 0 Å². The lowest BCUT2D eigenvalue weighted by Gasteiger charge is -2.19. The Bertz CT molecular complexity index is 1010. The van der Waals surface area contributed by atoms with Gasteiger partial charge >= 0.3 is 12.3 Å². The second-order valence-electron chi connectivity index (χ2n) is 7.31. The minimum atomic E-state index is -4.84. The number of alkyl halides is 3. The van der Waals surface area contributed by atoms with E-state index in [-0.39, 0.29) is 17.9 Å². The van der Waals surface area contributed by atoms with Gasteiger partial charge in [0.2, 0.25) is 0 Å². The number of nitrogens with one attached hydrogen (secondary N) is 2. The molecule has 0 bridgehead atoms. The number of ether oxygens (including phenoxy) is 1. The van der Waals surface area contributed by atoms with E-state index in [9.17, 15) is 27.9 Å². The Balaban J connectivity index is 2.00. The zero-order chi connectivity index (χ0) is 23.4. The van der Waals surface area contributed by atoms with E-state index in [4.69, 9.17) is 10.00 Å². The van der Waals surface area contributed by atoms with E-state index in [1.54, 1.807) is 20.8 Å². The molecule has 0 aliphatic heterocycles. The number of pyridine rings is 1. The standard InChI is InChI=1S/C18H19F3N6O4/c1-17(2,3)31-16(30)26-11-7-24-27(8-11)9-14(28)15(29)25-10-4-12(18(19,20)21)13(5-22)23-6-10/h4,6-8,14,28H,9H2,1-3H3,(H,25,29)(H,26,30). The molecule has 2 rings (SSSR count). The van der Waals surface area contributed by atoms with Gasteiger partial charge in [0.05, 0.1) is 35.9 Å². The highest BCUT2D eigenvalue weighted by Gasteiger charge is 2.35. The van der Waals surface area contributed by atoms with Crippen LogP contribution in [0.4, 0.5) is 29.3 Å². The van der Waals surface area contributed by atoms with Gasteiger partial charge in [0.15, 0.2) is 11.8 Å². The molecule has 0 radical (unpaired) electrons. The Morgan fingerprint density at radius 3 is 2.52 bits per heavy atom. The summed E-state index contributed by atoms with van der Waals surface area (Å²) in [6, 6.07) is 1.87. The number of carbonyl (C=O) groups excluding carboxylic acids is 2. The maximum Gasteiger partial charge on any atom is 0.419 e. The fraction of sp³-hybridized carbons (Fsp3) is 0.389. The van der Waals surface area contributed by atoms with Gasteiger partial charge in [0.25, 0.3) is 5.91 Å². The predicted octanol–water partition coefficient (Wildman–Crippen LogP) is 2.52. The van der Waals surface area contributed by atoms with Crippen LogP contribution in [0, 0.1) is 11.3 Å². The molecular weight excluding hydrogens is 421 g/mol. The zero-order valence-corrected chi connectivity index (χ0v) is 16.7. The van der Waals surface area contributed by atoms with Crippen LogP contribution in [0.1, 0.15) is 32.0 Å². The number of carbonyl (C=O) groups is 2. The number of amides is 2. The highest BCUT2D eigenvalue weighted by molar-refractivity contribution is 5.94. The summed E-state index contributed by atoms with van der Waals surface area (Å²) in [7, 11) is 0. The average molecular weight is 440 g/mol.